The Balaban J connectivity index is 3.80. The minimum atomic E-state index is 0.559. The second kappa shape index (κ2) is 12.5. The molecule has 1 heteroatoms. The third-order valence-corrected chi connectivity index (χ3v) is 3.32. The molecule has 0 aromatic heterocycles. The molecule has 0 radical (unpaired) electrons. The molecule has 0 N–H and O–H groups in total. The van der Waals surface area contributed by atoms with Crippen molar-refractivity contribution in [2.45, 2.75) is 67.2 Å². The van der Waals surface area contributed by atoms with Gasteiger partial charge in [-0.05, 0) is 77.4 Å². The van der Waals surface area contributed by atoms with Gasteiger partial charge in [0, 0.05) is 0 Å². The Bertz CT molecular complexity index is 327. The maximum Gasteiger partial charge on any atom is 0.0864 e. The summed E-state index contributed by atoms with van der Waals surface area (Å²) in [5.74, 6) is 1.12. The standard InChI is InChI=1S/C20H34O/c1-17(2)9-7-11-19(5)13-15-21-16-14-20(6)12-8-10-18(3)4/h9-10,13-16,19-20H,7-8,11-12H2,1-6H3/b15-13+,16-14+. The van der Waals surface area contributed by atoms with Gasteiger partial charge in [-0.3, -0.25) is 0 Å². The summed E-state index contributed by atoms with van der Waals surface area (Å²) in [4.78, 5) is 0. The quantitative estimate of drug-likeness (QED) is 0.318. The Kier molecular flexibility index (Phi) is 11.8. The number of allylic oxidation sites excluding steroid dienone is 6. The van der Waals surface area contributed by atoms with Gasteiger partial charge in [0.15, 0.2) is 0 Å². The average molecular weight is 290 g/mol. The van der Waals surface area contributed by atoms with Crippen LogP contribution in [0.1, 0.15) is 67.2 Å². The molecule has 120 valence electrons. The SMILES string of the molecule is CC(C)=CCCC(C)/C=C/O/C=C/C(C)CCC=C(C)C. The molecule has 2 atom stereocenters. The summed E-state index contributed by atoms with van der Waals surface area (Å²) in [5, 5.41) is 0. The van der Waals surface area contributed by atoms with Gasteiger partial charge in [0.1, 0.15) is 0 Å². The number of rotatable bonds is 10. The van der Waals surface area contributed by atoms with E-state index in [9.17, 15) is 0 Å². The minimum Gasteiger partial charge on any atom is -0.473 e. The van der Waals surface area contributed by atoms with E-state index in [0.29, 0.717) is 11.8 Å². The summed E-state index contributed by atoms with van der Waals surface area (Å²) in [6.45, 7) is 13.0. The highest BCUT2D eigenvalue weighted by atomic mass is 16.5. The molecule has 0 saturated heterocycles. The third kappa shape index (κ3) is 15.0. The number of hydrogen-bond acceptors (Lipinski definition) is 1. The van der Waals surface area contributed by atoms with E-state index in [-0.39, 0.29) is 0 Å². The summed E-state index contributed by atoms with van der Waals surface area (Å²) in [7, 11) is 0. The zero-order valence-electron chi connectivity index (χ0n) is 14.9. The second-order valence-electron chi connectivity index (χ2n) is 6.47. The molecule has 0 aromatic carbocycles. The summed E-state index contributed by atoms with van der Waals surface area (Å²) in [6, 6.07) is 0. The van der Waals surface area contributed by atoms with Gasteiger partial charge in [0.25, 0.3) is 0 Å². The van der Waals surface area contributed by atoms with E-state index in [4.69, 9.17) is 4.74 Å². The van der Waals surface area contributed by atoms with E-state index >= 15 is 0 Å². The lowest BCUT2D eigenvalue weighted by Gasteiger charge is -2.04. The highest BCUT2D eigenvalue weighted by molar-refractivity contribution is 4.95. The van der Waals surface area contributed by atoms with Gasteiger partial charge in [-0.25, -0.2) is 0 Å². The zero-order valence-corrected chi connectivity index (χ0v) is 14.9. The highest BCUT2D eigenvalue weighted by Crippen LogP contribution is 2.11. The first kappa shape index (κ1) is 19.8. The fourth-order valence-corrected chi connectivity index (χ4v) is 1.87. The van der Waals surface area contributed by atoms with Crippen molar-refractivity contribution in [2.75, 3.05) is 0 Å². The van der Waals surface area contributed by atoms with E-state index in [1.165, 1.54) is 24.0 Å². The van der Waals surface area contributed by atoms with Crippen LogP contribution in [0.25, 0.3) is 0 Å². The number of ether oxygens (including phenoxy) is 1. The van der Waals surface area contributed by atoms with Gasteiger partial charge in [-0.1, -0.05) is 37.1 Å². The van der Waals surface area contributed by atoms with Crippen molar-refractivity contribution in [3.63, 3.8) is 0 Å². The number of hydrogen-bond donors (Lipinski definition) is 0. The van der Waals surface area contributed by atoms with Gasteiger partial charge in [0.05, 0.1) is 12.5 Å². The Morgan fingerprint density at radius 1 is 0.762 bits per heavy atom. The largest absolute Gasteiger partial charge is 0.473 e. The van der Waals surface area contributed by atoms with Crippen LogP contribution in [-0.2, 0) is 4.74 Å². The van der Waals surface area contributed by atoms with E-state index < -0.39 is 0 Å². The van der Waals surface area contributed by atoms with Crippen LogP contribution < -0.4 is 0 Å². The Labute approximate surface area is 132 Å². The van der Waals surface area contributed by atoms with Gasteiger partial charge in [-0.15, -0.1) is 0 Å². The van der Waals surface area contributed by atoms with Gasteiger partial charge in [0.2, 0.25) is 0 Å². The summed E-state index contributed by atoms with van der Waals surface area (Å²) >= 11 is 0. The minimum absolute atomic E-state index is 0.559. The molecule has 0 heterocycles. The normalized spacial score (nSPS) is 14.2. The van der Waals surface area contributed by atoms with Crippen molar-refractivity contribution in [2.24, 2.45) is 11.8 Å². The van der Waals surface area contributed by atoms with Crippen molar-refractivity contribution in [3.8, 4) is 0 Å². The summed E-state index contributed by atoms with van der Waals surface area (Å²) in [6.07, 6.45) is 17.1. The van der Waals surface area contributed by atoms with E-state index in [1.54, 1.807) is 0 Å². The molecule has 21 heavy (non-hydrogen) atoms. The molecule has 0 saturated carbocycles. The van der Waals surface area contributed by atoms with Crippen molar-refractivity contribution in [1.29, 1.82) is 0 Å². The molecule has 1 nitrogen and oxygen atoms in total. The fourth-order valence-electron chi connectivity index (χ4n) is 1.87. The molecule has 0 amide bonds. The van der Waals surface area contributed by atoms with Crippen molar-refractivity contribution in [3.05, 3.63) is 48.0 Å². The van der Waals surface area contributed by atoms with Crippen LogP contribution in [0.4, 0.5) is 0 Å². The molecule has 0 fully saturated rings. The highest BCUT2D eigenvalue weighted by Gasteiger charge is 1.96. The molecule has 0 spiro atoms. The lowest BCUT2D eigenvalue weighted by molar-refractivity contribution is 0.391. The third-order valence-electron chi connectivity index (χ3n) is 3.32. The van der Waals surface area contributed by atoms with E-state index in [0.717, 1.165) is 12.8 Å². The molecule has 0 rings (SSSR count). The van der Waals surface area contributed by atoms with Crippen LogP contribution in [0, 0.1) is 11.8 Å². The lowest BCUT2D eigenvalue weighted by atomic mass is 10.0. The van der Waals surface area contributed by atoms with Crippen LogP contribution in [0.2, 0.25) is 0 Å². The first-order valence-electron chi connectivity index (χ1n) is 8.17. The molecule has 0 aromatic rings. The maximum atomic E-state index is 5.44. The van der Waals surface area contributed by atoms with Crippen LogP contribution in [-0.4, -0.2) is 0 Å². The predicted molar refractivity (Wildman–Crippen MR) is 95.0 cm³/mol. The monoisotopic (exact) mass is 290 g/mol. The summed E-state index contributed by atoms with van der Waals surface area (Å²) < 4.78 is 5.44. The predicted octanol–water partition coefficient (Wildman–Crippen LogP) is 6.80. The topological polar surface area (TPSA) is 9.23 Å². The molecule has 0 bridgehead atoms. The average Bonchev–Trinajstić information content (AvgIpc) is 2.37. The lowest BCUT2D eigenvalue weighted by Crippen LogP contribution is -1.89. The molecule has 0 aliphatic heterocycles. The zero-order chi connectivity index (χ0) is 16.1. The van der Waals surface area contributed by atoms with Crippen LogP contribution in [0.15, 0.2) is 48.0 Å². The van der Waals surface area contributed by atoms with Crippen molar-refractivity contribution >= 4 is 0 Å². The Morgan fingerprint density at radius 3 is 1.48 bits per heavy atom. The second-order valence-corrected chi connectivity index (χ2v) is 6.47. The molecule has 0 aliphatic rings. The van der Waals surface area contributed by atoms with E-state index in [2.05, 4.69) is 65.8 Å². The Hall–Kier alpha value is -1.24. The van der Waals surface area contributed by atoms with E-state index in [1.807, 2.05) is 12.5 Å². The fraction of sp³-hybridized carbons (Fsp3) is 0.600. The van der Waals surface area contributed by atoms with Crippen LogP contribution in [0.3, 0.4) is 0 Å². The molecule has 0 aliphatic carbocycles. The van der Waals surface area contributed by atoms with Crippen molar-refractivity contribution < 1.29 is 4.74 Å². The molecular weight excluding hydrogens is 256 g/mol. The Morgan fingerprint density at radius 2 is 1.14 bits per heavy atom. The van der Waals surface area contributed by atoms with Gasteiger partial charge >= 0.3 is 0 Å². The first-order chi connectivity index (χ1) is 9.91. The summed E-state index contributed by atoms with van der Waals surface area (Å²) in [5.41, 5.74) is 2.79. The van der Waals surface area contributed by atoms with Crippen molar-refractivity contribution in [1.82, 2.24) is 0 Å². The van der Waals surface area contributed by atoms with Crippen LogP contribution in [0.5, 0.6) is 0 Å². The molecular formula is C20H34O. The molecule has 2 unspecified atom stereocenters. The van der Waals surface area contributed by atoms with Crippen LogP contribution >= 0.6 is 0 Å². The van der Waals surface area contributed by atoms with Gasteiger partial charge in [-0.2, -0.15) is 0 Å². The van der Waals surface area contributed by atoms with Gasteiger partial charge < -0.3 is 4.74 Å². The maximum absolute atomic E-state index is 5.44. The first-order valence-corrected chi connectivity index (χ1v) is 8.17. The smallest absolute Gasteiger partial charge is 0.0864 e.